The number of hydrogen-bond acceptors (Lipinski definition) is 5. The molecular formula is C8H9Cl2N5O. The summed E-state index contributed by atoms with van der Waals surface area (Å²) < 4.78 is 0. The Morgan fingerprint density at radius 2 is 1.88 bits per heavy atom. The van der Waals surface area contributed by atoms with Crippen LogP contribution in [0.25, 0.3) is 0 Å². The van der Waals surface area contributed by atoms with Crippen molar-refractivity contribution in [2.45, 2.75) is 6.42 Å². The van der Waals surface area contributed by atoms with Gasteiger partial charge in [-0.2, -0.15) is 15.0 Å². The SMILES string of the molecule is O=C1CN(c2nc(Cl)nc(Cl)n2)CCCN1. The molecule has 2 rings (SSSR count). The summed E-state index contributed by atoms with van der Waals surface area (Å²) in [6.07, 6.45) is 0.826. The monoisotopic (exact) mass is 261 g/mol. The lowest BCUT2D eigenvalue weighted by Crippen LogP contribution is -2.34. The van der Waals surface area contributed by atoms with Gasteiger partial charge in [0, 0.05) is 13.1 Å². The molecule has 1 aliphatic rings. The number of rotatable bonds is 1. The van der Waals surface area contributed by atoms with E-state index in [9.17, 15) is 4.79 Å². The number of carbonyl (C=O) groups is 1. The third-order valence-corrected chi connectivity index (χ3v) is 2.45. The number of carbonyl (C=O) groups excluding carboxylic acids is 1. The van der Waals surface area contributed by atoms with Crippen LogP contribution in [-0.2, 0) is 4.79 Å². The van der Waals surface area contributed by atoms with E-state index in [1.807, 2.05) is 0 Å². The van der Waals surface area contributed by atoms with Gasteiger partial charge in [-0.1, -0.05) is 0 Å². The molecule has 0 unspecified atom stereocenters. The van der Waals surface area contributed by atoms with Crippen LogP contribution in [-0.4, -0.2) is 40.5 Å². The molecule has 0 atom stereocenters. The van der Waals surface area contributed by atoms with Crippen molar-refractivity contribution in [3.05, 3.63) is 10.6 Å². The molecule has 1 N–H and O–H groups in total. The number of hydrogen-bond donors (Lipinski definition) is 1. The molecule has 1 aromatic rings. The van der Waals surface area contributed by atoms with Crippen LogP contribution in [0, 0.1) is 0 Å². The molecule has 0 bridgehead atoms. The quantitative estimate of drug-likeness (QED) is 0.798. The highest BCUT2D eigenvalue weighted by Crippen LogP contribution is 2.14. The van der Waals surface area contributed by atoms with E-state index >= 15 is 0 Å². The molecule has 0 saturated carbocycles. The average molecular weight is 262 g/mol. The fraction of sp³-hybridized carbons (Fsp3) is 0.500. The first kappa shape index (κ1) is 11.3. The van der Waals surface area contributed by atoms with E-state index in [2.05, 4.69) is 20.3 Å². The Kier molecular flexibility index (Phi) is 3.40. The van der Waals surface area contributed by atoms with Crippen LogP contribution in [0.3, 0.4) is 0 Å². The Labute approximate surface area is 102 Å². The number of nitrogens with zero attached hydrogens (tertiary/aromatic N) is 4. The lowest BCUT2D eigenvalue weighted by molar-refractivity contribution is -0.119. The highest BCUT2D eigenvalue weighted by molar-refractivity contribution is 6.31. The maximum atomic E-state index is 11.3. The van der Waals surface area contributed by atoms with Gasteiger partial charge in [-0.25, -0.2) is 0 Å². The van der Waals surface area contributed by atoms with Crippen LogP contribution in [0.4, 0.5) is 5.95 Å². The minimum Gasteiger partial charge on any atom is -0.354 e. The number of anilines is 1. The Bertz CT molecular complexity index is 393. The molecule has 86 valence electrons. The van der Waals surface area contributed by atoms with Gasteiger partial charge in [0.05, 0.1) is 6.54 Å². The van der Waals surface area contributed by atoms with Gasteiger partial charge < -0.3 is 10.2 Å². The third-order valence-electron chi connectivity index (χ3n) is 2.11. The molecule has 0 spiro atoms. The molecule has 1 aromatic heterocycles. The topological polar surface area (TPSA) is 71.0 Å². The summed E-state index contributed by atoms with van der Waals surface area (Å²) >= 11 is 11.3. The van der Waals surface area contributed by atoms with Crippen LogP contribution in [0.2, 0.25) is 10.6 Å². The summed E-state index contributed by atoms with van der Waals surface area (Å²) in [6, 6.07) is 0. The van der Waals surface area contributed by atoms with Crippen molar-refractivity contribution in [1.29, 1.82) is 0 Å². The van der Waals surface area contributed by atoms with Crippen molar-refractivity contribution < 1.29 is 4.79 Å². The number of amides is 1. The smallest absolute Gasteiger partial charge is 0.239 e. The number of halogens is 2. The van der Waals surface area contributed by atoms with Gasteiger partial charge >= 0.3 is 0 Å². The first-order chi connectivity index (χ1) is 7.65. The van der Waals surface area contributed by atoms with Gasteiger partial charge in [-0.15, -0.1) is 0 Å². The highest BCUT2D eigenvalue weighted by Gasteiger charge is 2.18. The third kappa shape index (κ3) is 2.70. The van der Waals surface area contributed by atoms with Crippen LogP contribution in [0.5, 0.6) is 0 Å². The summed E-state index contributed by atoms with van der Waals surface area (Å²) in [4.78, 5) is 24.6. The van der Waals surface area contributed by atoms with Gasteiger partial charge in [0.25, 0.3) is 0 Å². The Morgan fingerprint density at radius 1 is 1.19 bits per heavy atom. The zero-order valence-electron chi connectivity index (χ0n) is 8.28. The molecule has 0 aliphatic carbocycles. The minimum absolute atomic E-state index is 0.0275. The van der Waals surface area contributed by atoms with Crippen molar-refractivity contribution in [2.24, 2.45) is 0 Å². The molecule has 1 amide bonds. The average Bonchev–Trinajstić information content (AvgIpc) is 2.41. The fourth-order valence-electron chi connectivity index (χ4n) is 1.43. The van der Waals surface area contributed by atoms with Gasteiger partial charge in [-0.05, 0) is 29.6 Å². The van der Waals surface area contributed by atoms with E-state index in [4.69, 9.17) is 23.2 Å². The van der Waals surface area contributed by atoms with Gasteiger partial charge in [-0.3, -0.25) is 4.79 Å². The summed E-state index contributed by atoms with van der Waals surface area (Å²) in [5.41, 5.74) is 0. The fourth-order valence-corrected chi connectivity index (χ4v) is 1.79. The number of nitrogens with one attached hydrogen (secondary N) is 1. The molecule has 16 heavy (non-hydrogen) atoms. The Morgan fingerprint density at radius 3 is 2.56 bits per heavy atom. The van der Waals surface area contributed by atoms with E-state index in [1.54, 1.807) is 4.90 Å². The minimum atomic E-state index is -0.0647. The lowest BCUT2D eigenvalue weighted by Gasteiger charge is -2.18. The first-order valence-corrected chi connectivity index (χ1v) is 5.49. The van der Waals surface area contributed by atoms with E-state index in [1.165, 1.54) is 0 Å². The van der Waals surface area contributed by atoms with E-state index in [0.717, 1.165) is 6.42 Å². The second-order valence-corrected chi connectivity index (χ2v) is 3.97. The maximum Gasteiger partial charge on any atom is 0.239 e. The second-order valence-electron chi connectivity index (χ2n) is 3.30. The van der Waals surface area contributed by atoms with Crippen LogP contribution in [0.15, 0.2) is 0 Å². The van der Waals surface area contributed by atoms with Gasteiger partial charge in [0.15, 0.2) is 0 Å². The van der Waals surface area contributed by atoms with E-state index < -0.39 is 0 Å². The van der Waals surface area contributed by atoms with Crippen molar-refractivity contribution in [3.8, 4) is 0 Å². The predicted octanol–water partition coefficient (Wildman–Crippen LogP) is 0.505. The maximum absolute atomic E-state index is 11.3. The largest absolute Gasteiger partial charge is 0.354 e. The Hall–Kier alpha value is -1.14. The van der Waals surface area contributed by atoms with Crippen molar-refractivity contribution in [1.82, 2.24) is 20.3 Å². The van der Waals surface area contributed by atoms with Gasteiger partial charge in [0.2, 0.25) is 22.4 Å². The summed E-state index contributed by atoms with van der Waals surface area (Å²) in [5.74, 6) is 0.271. The van der Waals surface area contributed by atoms with E-state index in [-0.39, 0.29) is 23.0 Å². The normalized spacial score (nSPS) is 16.9. The summed E-state index contributed by atoms with van der Waals surface area (Å²) in [5, 5.41) is 2.81. The zero-order chi connectivity index (χ0) is 11.5. The molecule has 6 nitrogen and oxygen atoms in total. The second kappa shape index (κ2) is 4.80. The summed E-state index contributed by atoms with van der Waals surface area (Å²) in [7, 11) is 0. The van der Waals surface area contributed by atoms with Gasteiger partial charge in [0.1, 0.15) is 0 Å². The molecule has 1 fully saturated rings. The molecule has 0 radical (unpaired) electrons. The molecule has 1 aliphatic heterocycles. The molecule has 0 aromatic carbocycles. The standard InChI is InChI=1S/C8H9Cl2N5O/c9-6-12-7(10)14-8(13-6)15-3-1-2-11-5(16)4-15/h1-4H2,(H,11,16). The highest BCUT2D eigenvalue weighted by atomic mass is 35.5. The van der Waals surface area contributed by atoms with E-state index in [0.29, 0.717) is 19.0 Å². The van der Waals surface area contributed by atoms with Crippen LogP contribution in [0.1, 0.15) is 6.42 Å². The molecule has 8 heteroatoms. The van der Waals surface area contributed by atoms with Crippen molar-refractivity contribution in [3.63, 3.8) is 0 Å². The van der Waals surface area contributed by atoms with Crippen molar-refractivity contribution in [2.75, 3.05) is 24.5 Å². The van der Waals surface area contributed by atoms with Crippen molar-refractivity contribution >= 4 is 35.1 Å². The summed E-state index contributed by atoms with van der Waals surface area (Å²) in [6.45, 7) is 1.54. The van der Waals surface area contributed by atoms with Crippen LogP contribution < -0.4 is 10.2 Å². The molecule has 1 saturated heterocycles. The Balaban J connectivity index is 2.24. The lowest BCUT2D eigenvalue weighted by atomic mass is 10.4. The predicted molar refractivity (Wildman–Crippen MR) is 59.7 cm³/mol. The molecular weight excluding hydrogens is 253 g/mol. The molecule has 2 heterocycles. The zero-order valence-corrected chi connectivity index (χ0v) is 9.79. The van der Waals surface area contributed by atoms with Crippen LogP contribution >= 0.6 is 23.2 Å². The first-order valence-electron chi connectivity index (χ1n) is 4.74. The number of aromatic nitrogens is 3.